The Balaban J connectivity index is 3.03. The predicted octanol–water partition coefficient (Wildman–Crippen LogP) is 1.07. The first kappa shape index (κ1) is 10.2. The van der Waals surface area contributed by atoms with Gasteiger partial charge in [0.05, 0.1) is 10.9 Å². The van der Waals surface area contributed by atoms with Gasteiger partial charge in [-0.05, 0) is 12.1 Å². The van der Waals surface area contributed by atoms with Crippen molar-refractivity contribution >= 4 is 16.9 Å². The molecule has 1 heterocycles. The third kappa shape index (κ3) is 1.31. The molecule has 2 aromatic rings. The van der Waals surface area contributed by atoms with Crippen LogP contribution in [0.15, 0.2) is 23.0 Å². The van der Waals surface area contributed by atoms with Crippen LogP contribution in [0.5, 0.6) is 5.75 Å². The number of carbonyl (C=O) groups is 1. The molecule has 0 radical (unpaired) electrons. The van der Waals surface area contributed by atoms with Crippen LogP contribution in [-0.4, -0.2) is 21.2 Å². The fraction of sp³-hybridized carbons (Fsp3) is 0. The predicted molar refractivity (Wildman–Crippen MR) is 53.2 cm³/mol. The number of H-pyrrole nitrogens is 1. The van der Waals surface area contributed by atoms with E-state index in [0.717, 1.165) is 6.07 Å². The van der Waals surface area contributed by atoms with E-state index in [1.54, 1.807) is 0 Å². The van der Waals surface area contributed by atoms with Crippen LogP contribution in [0.4, 0.5) is 4.39 Å². The molecule has 0 bridgehead atoms. The first-order chi connectivity index (χ1) is 7.52. The van der Waals surface area contributed by atoms with Crippen LogP contribution in [0.2, 0.25) is 0 Å². The Labute approximate surface area is 87.8 Å². The Kier molecular flexibility index (Phi) is 2.12. The molecule has 2 rings (SSSR count). The molecule has 3 N–H and O–H groups in total. The van der Waals surface area contributed by atoms with Gasteiger partial charge in [0.1, 0.15) is 11.6 Å². The van der Waals surface area contributed by atoms with Gasteiger partial charge in [-0.25, -0.2) is 9.18 Å². The lowest BCUT2D eigenvalue weighted by molar-refractivity contribution is 0.0692. The summed E-state index contributed by atoms with van der Waals surface area (Å²) in [7, 11) is 0. The number of nitrogens with one attached hydrogen (secondary N) is 1. The number of carboxylic acids is 1. The summed E-state index contributed by atoms with van der Waals surface area (Å²) in [4.78, 5) is 24.2. The Morgan fingerprint density at radius 3 is 2.69 bits per heavy atom. The number of aromatic hydroxyl groups is 1. The maximum absolute atomic E-state index is 13.3. The summed E-state index contributed by atoms with van der Waals surface area (Å²) in [6.45, 7) is 0. The zero-order valence-electron chi connectivity index (χ0n) is 7.82. The number of halogens is 1. The fourth-order valence-electron chi connectivity index (χ4n) is 1.48. The topological polar surface area (TPSA) is 90.4 Å². The molecule has 16 heavy (non-hydrogen) atoms. The van der Waals surface area contributed by atoms with Crippen molar-refractivity contribution in [1.82, 2.24) is 4.98 Å². The number of pyridine rings is 1. The largest absolute Gasteiger partial charge is 0.506 e. The molecule has 6 heteroatoms. The molecule has 0 aliphatic heterocycles. The molecule has 0 saturated carbocycles. The molecule has 5 nitrogen and oxygen atoms in total. The monoisotopic (exact) mass is 223 g/mol. The molecule has 0 fully saturated rings. The first-order valence-electron chi connectivity index (χ1n) is 4.29. The molecule has 0 aliphatic rings. The van der Waals surface area contributed by atoms with Gasteiger partial charge in [-0.15, -0.1) is 0 Å². The number of hydrogen-bond acceptors (Lipinski definition) is 3. The minimum atomic E-state index is -1.61. The summed E-state index contributed by atoms with van der Waals surface area (Å²) in [5.74, 6) is -3.26. The quantitative estimate of drug-likeness (QED) is 0.674. The molecule has 0 unspecified atom stereocenters. The average Bonchev–Trinajstić information content (AvgIpc) is 2.15. The first-order valence-corrected chi connectivity index (χ1v) is 4.29. The number of rotatable bonds is 1. The standard InChI is InChI=1S/C10H6FNO4/c11-4-2-1-3-5-6(4)8(13)7(10(15)16)9(14)12-5/h1-3H,(H,15,16)(H2,12,13,14). The van der Waals surface area contributed by atoms with E-state index in [4.69, 9.17) is 5.11 Å². The number of fused-ring (bicyclic) bond motifs is 1. The van der Waals surface area contributed by atoms with Crippen LogP contribution < -0.4 is 5.56 Å². The van der Waals surface area contributed by atoms with Gasteiger partial charge < -0.3 is 15.2 Å². The summed E-state index contributed by atoms with van der Waals surface area (Å²) in [6.07, 6.45) is 0. The summed E-state index contributed by atoms with van der Waals surface area (Å²) < 4.78 is 13.3. The Morgan fingerprint density at radius 2 is 2.06 bits per heavy atom. The van der Waals surface area contributed by atoms with Crippen LogP contribution in [0.25, 0.3) is 10.9 Å². The highest BCUT2D eigenvalue weighted by atomic mass is 19.1. The van der Waals surface area contributed by atoms with Crippen LogP contribution in [-0.2, 0) is 0 Å². The second kappa shape index (κ2) is 3.34. The number of aromatic nitrogens is 1. The van der Waals surface area contributed by atoms with E-state index >= 15 is 0 Å². The second-order valence-electron chi connectivity index (χ2n) is 3.15. The van der Waals surface area contributed by atoms with Crippen molar-refractivity contribution in [1.29, 1.82) is 0 Å². The van der Waals surface area contributed by atoms with Crippen LogP contribution in [0, 0.1) is 5.82 Å². The van der Waals surface area contributed by atoms with Crippen molar-refractivity contribution in [3.63, 3.8) is 0 Å². The van der Waals surface area contributed by atoms with Gasteiger partial charge in [-0.3, -0.25) is 4.79 Å². The van der Waals surface area contributed by atoms with Crippen molar-refractivity contribution in [2.75, 3.05) is 0 Å². The molecule has 1 aromatic heterocycles. The number of hydrogen-bond donors (Lipinski definition) is 3. The Morgan fingerprint density at radius 1 is 1.38 bits per heavy atom. The highest BCUT2D eigenvalue weighted by Gasteiger charge is 2.19. The number of benzene rings is 1. The lowest BCUT2D eigenvalue weighted by Crippen LogP contribution is -2.17. The van der Waals surface area contributed by atoms with E-state index in [1.807, 2.05) is 0 Å². The maximum atomic E-state index is 13.3. The average molecular weight is 223 g/mol. The normalized spacial score (nSPS) is 10.6. The van der Waals surface area contributed by atoms with Crippen molar-refractivity contribution < 1.29 is 19.4 Å². The Bertz CT molecular complexity index is 647. The van der Waals surface area contributed by atoms with E-state index in [0.29, 0.717) is 0 Å². The van der Waals surface area contributed by atoms with E-state index in [1.165, 1.54) is 12.1 Å². The van der Waals surface area contributed by atoms with Gasteiger partial charge in [0.2, 0.25) is 0 Å². The fourth-order valence-corrected chi connectivity index (χ4v) is 1.48. The molecular formula is C10H6FNO4. The van der Waals surface area contributed by atoms with Gasteiger partial charge >= 0.3 is 5.97 Å². The zero-order chi connectivity index (χ0) is 11.9. The van der Waals surface area contributed by atoms with E-state index < -0.39 is 28.7 Å². The van der Waals surface area contributed by atoms with E-state index in [9.17, 15) is 19.1 Å². The van der Waals surface area contributed by atoms with Gasteiger partial charge in [0, 0.05) is 0 Å². The molecular weight excluding hydrogens is 217 g/mol. The van der Waals surface area contributed by atoms with Crippen LogP contribution >= 0.6 is 0 Å². The SMILES string of the molecule is O=C(O)c1c(O)c2c(F)cccc2[nH]c1=O. The molecule has 82 valence electrons. The van der Waals surface area contributed by atoms with Gasteiger partial charge in [0.15, 0.2) is 5.56 Å². The van der Waals surface area contributed by atoms with Crippen LogP contribution in [0.1, 0.15) is 10.4 Å². The van der Waals surface area contributed by atoms with Gasteiger partial charge in [-0.2, -0.15) is 0 Å². The minimum absolute atomic E-state index is 0.0486. The van der Waals surface area contributed by atoms with E-state index in [2.05, 4.69) is 4.98 Å². The second-order valence-corrected chi connectivity index (χ2v) is 3.15. The summed E-state index contributed by atoms with van der Waals surface area (Å²) in [5, 5.41) is 17.9. The highest BCUT2D eigenvalue weighted by molar-refractivity contribution is 5.98. The third-order valence-corrected chi connectivity index (χ3v) is 2.18. The zero-order valence-corrected chi connectivity index (χ0v) is 7.82. The third-order valence-electron chi connectivity index (χ3n) is 2.18. The number of carboxylic acid groups (broad SMARTS) is 1. The lowest BCUT2D eigenvalue weighted by Gasteiger charge is -2.04. The lowest BCUT2D eigenvalue weighted by atomic mass is 10.1. The van der Waals surface area contributed by atoms with Crippen molar-refractivity contribution in [3.05, 3.63) is 39.9 Å². The molecule has 0 amide bonds. The molecule has 0 atom stereocenters. The molecule has 0 saturated heterocycles. The Hall–Kier alpha value is -2.37. The van der Waals surface area contributed by atoms with Crippen molar-refractivity contribution in [2.24, 2.45) is 0 Å². The highest BCUT2D eigenvalue weighted by Crippen LogP contribution is 2.26. The van der Waals surface area contributed by atoms with Crippen LogP contribution in [0.3, 0.4) is 0 Å². The maximum Gasteiger partial charge on any atom is 0.345 e. The van der Waals surface area contributed by atoms with Gasteiger partial charge in [0.25, 0.3) is 5.56 Å². The van der Waals surface area contributed by atoms with Crippen molar-refractivity contribution in [3.8, 4) is 5.75 Å². The smallest absolute Gasteiger partial charge is 0.345 e. The number of aromatic carboxylic acids is 1. The minimum Gasteiger partial charge on any atom is -0.506 e. The summed E-state index contributed by atoms with van der Waals surface area (Å²) >= 11 is 0. The number of aromatic amines is 1. The molecule has 0 aliphatic carbocycles. The van der Waals surface area contributed by atoms with Crippen molar-refractivity contribution in [2.45, 2.75) is 0 Å². The van der Waals surface area contributed by atoms with Gasteiger partial charge in [-0.1, -0.05) is 6.07 Å². The van der Waals surface area contributed by atoms with E-state index in [-0.39, 0.29) is 10.9 Å². The molecule has 0 spiro atoms. The molecule has 1 aromatic carbocycles. The summed E-state index contributed by atoms with van der Waals surface area (Å²) in [6, 6.07) is 3.77. The summed E-state index contributed by atoms with van der Waals surface area (Å²) in [5.41, 5.74) is -1.78.